The highest BCUT2D eigenvalue weighted by Crippen LogP contribution is 2.33. The van der Waals surface area contributed by atoms with Gasteiger partial charge < -0.3 is 4.90 Å². The number of rotatable bonds is 4. The fraction of sp³-hybridized carbons (Fsp3) is 0.286. The van der Waals surface area contributed by atoms with Crippen LogP contribution in [0.15, 0.2) is 48.8 Å². The Morgan fingerprint density at radius 3 is 2.77 bits per heavy atom. The zero-order valence-corrected chi connectivity index (χ0v) is 17.0. The van der Waals surface area contributed by atoms with Gasteiger partial charge in [0, 0.05) is 31.5 Å². The second-order valence-corrected chi connectivity index (χ2v) is 7.42. The summed E-state index contributed by atoms with van der Waals surface area (Å²) in [6.07, 6.45) is 6.54. The molecule has 3 aromatic heterocycles. The molecule has 1 fully saturated rings. The van der Waals surface area contributed by atoms with Crippen LogP contribution in [0.3, 0.4) is 0 Å². The normalized spacial score (nSPS) is 16.3. The van der Waals surface area contributed by atoms with Crippen molar-refractivity contribution in [1.29, 1.82) is 5.26 Å². The first-order valence-corrected chi connectivity index (χ1v) is 10.1. The summed E-state index contributed by atoms with van der Waals surface area (Å²) in [6.45, 7) is 0.839. The van der Waals surface area contributed by atoms with Crippen molar-refractivity contribution in [1.82, 2.24) is 40.0 Å². The molecule has 0 unspecified atom stereocenters. The van der Waals surface area contributed by atoms with Crippen molar-refractivity contribution in [2.45, 2.75) is 25.3 Å². The number of nitrogens with zero attached hydrogens (tertiary/aromatic N) is 10. The van der Waals surface area contributed by atoms with Gasteiger partial charge in [0.2, 0.25) is 5.95 Å². The van der Waals surface area contributed by atoms with Gasteiger partial charge in [0.1, 0.15) is 0 Å². The molecule has 154 valence electrons. The first kappa shape index (κ1) is 18.9. The molecule has 0 N–H and O–H groups in total. The Hall–Kier alpha value is -4.13. The lowest BCUT2D eigenvalue weighted by molar-refractivity contribution is 0.445. The largest absolute Gasteiger partial charge is 0.330 e. The third kappa shape index (κ3) is 3.50. The molecule has 5 rings (SSSR count). The van der Waals surface area contributed by atoms with E-state index in [4.69, 9.17) is 5.26 Å². The zero-order valence-electron chi connectivity index (χ0n) is 17.0. The van der Waals surface area contributed by atoms with Gasteiger partial charge in [-0.05, 0) is 54.8 Å². The number of anilines is 1. The molecule has 1 aliphatic rings. The van der Waals surface area contributed by atoms with Crippen molar-refractivity contribution < 1.29 is 0 Å². The van der Waals surface area contributed by atoms with E-state index < -0.39 is 0 Å². The van der Waals surface area contributed by atoms with Crippen LogP contribution in [0.2, 0.25) is 0 Å². The van der Waals surface area contributed by atoms with Crippen LogP contribution < -0.4 is 4.90 Å². The summed E-state index contributed by atoms with van der Waals surface area (Å²) >= 11 is 0. The van der Waals surface area contributed by atoms with Crippen molar-refractivity contribution in [3.05, 3.63) is 60.2 Å². The highest BCUT2D eigenvalue weighted by molar-refractivity contribution is 5.57. The molecule has 1 aromatic carbocycles. The molecule has 1 atom stereocenters. The van der Waals surface area contributed by atoms with Gasteiger partial charge in [0.05, 0.1) is 23.4 Å². The topological polar surface area (TPSA) is 114 Å². The molecule has 0 radical (unpaired) electrons. The van der Waals surface area contributed by atoms with Gasteiger partial charge in [0.25, 0.3) is 0 Å². The molecule has 31 heavy (non-hydrogen) atoms. The summed E-state index contributed by atoms with van der Waals surface area (Å²) in [4.78, 5) is 7.75. The first-order valence-electron chi connectivity index (χ1n) is 10.1. The number of nitriles is 1. The third-order valence-electron chi connectivity index (χ3n) is 5.48. The molecular weight excluding hydrogens is 392 g/mol. The van der Waals surface area contributed by atoms with Crippen molar-refractivity contribution in [2.75, 3.05) is 11.4 Å². The van der Waals surface area contributed by atoms with Gasteiger partial charge in [-0.1, -0.05) is 6.07 Å². The second-order valence-electron chi connectivity index (χ2n) is 7.42. The Morgan fingerprint density at radius 1 is 1.06 bits per heavy atom. The van der Waals surface area contributed by atoms with Crippen LogP contribution in [0.1, 0.15) is 36.7 Å². The Balaban J connectivity index is 1.47. The molecule has 1 saturated heterocycles. The van der Waals surface area contributed by atoms with E-state index in [1.54, 1.807) is 24.5 Å². The monoisotopic (exact) mass is 412 g/mol. The van der Waals surface area contributed by atoms with Gasteiger partial charge in [-0.15, -0.1) is 25.2 Å². The minimum absolute atomic E-state index is 0.0464. The molecule has 10 heteroatoms. The van der Waals surface area contributed by atoms with E-state index in [2.05, 4.69) is 41.6 Å². The summed E-state index contributed by atoms with van der Waals surface area (Å²) in [7, 11) is 1.97. The smallest absolute Gasteiger partial charge is 0.227 e. The van der Waals surface area contributed by atoms with E-state index in [0.29, 0.717) is 17.1 Å². The van der Waals surface area contributed by atoms with E-state index in [1.165, 1.54) is 4.80 Å². The predicted octanol–water partition coefficient (Wildman–Crippen LogP) is 2.46. The maximum absolute atomic E-state index is 9.15. The van der Waals surface area contributed by atoms with E-state index in [-0.39, 0.29) is 6.04 Å². The lowest BCUT2D eigenvalue weighted by atomic mass is 10.0. The highest BCUT2D eigenvalue weighted by atomic mass is 15.6. The van der Waals surface area contributed by atoms with Crippen molar-refractivity contribution >= 4 is 5.95 Å². The number of tetrazole rings is 1. The van der Waals surface area contributed by atoms with Crippen molar-refractivity contribution in [3.8, 4) is 23.1 Å². The molecule has 0 aliphatic carbocycles. The number of aromatic nitrogens is 8. The number of pyridine rings is 1. The maximum Gasteiger partial charge on any atom is 0.227 e. The average Bonchev–Trinajstić information content (AvgIpc) is 3.47. The van der Waals surface area contributed by atoms with Crippen LogP contribution in [-0.2, 0) is 7.05 Å². The maximum atomic E-state index is 9.15. The van der Waals surface area contributed by atoms with Crippen molar-refractivity contribution in [2.24, 2.45) is 7.05 Å². The Bertz CT molecular complexity index is 1240. The molecule has 0 bridgehead atoms. The quantitative estimate of drug-likeness (QED) is 0.502. The Morgan fingerprint density at radius 2 is 1.94 bits per heavy atom. The molecule has 0 amide bonds. The second kappa shape index (κ2) is 7.95. The van der Waals surface area contributed by atoms with Crippen LogP contribution in [0.25, 0.3) is 17.1 Å². The molecule has 10 nitrogen and oxygen atoms in total. The SMILES string of the molecule is Cn1c(-c2ccncc2)nnc1N1CCCC[C@@H]1c1nnn(-c2cccc(C#N)c2)n1. The van der Waals surface area contributed by atoms with E-state index in [0.717, 1.165) is 43.1 Å². The van der Waals surface area contributed by atoms with Gasteiger partial charge in [-0.25, -0.2) is 0 Å². The van der Waals surface area contributed by atoms with E-state index >= 15 is 0 Å². The Kier molecular flexibility index (Phi) is 4.84. The predicted molar refractivity (Wildman–Crippen MR) is 112 cm³/mol. The third-order valence-corrected chi connectivity index (χ3v) is 5.48. The minimum Gasteiger partial charge on any atom is -0.330 e. The number of hydrogen-bond acceptors (Lipinski definition) is 8. The van der Waals surface area contributed by atoms with Gasteiger partial charge in [-0.3, -0.25) is 9.55 Å². The van der Waals surface area contributed by atoms with Crippen LogP contribution >= 0.6 is 0 Å². The summed E-state index contributed by atoms with van der Waals surface area (Å²) in [5.74, 6) is 2.20. The molecule has 4 heterocycles. The first-order chi connectivity index (χ1) is 15.2. The van der Waals surface area contributed by atoms with Crippen LogP contribution in [-0.4, -0.2) is 46.5 Å². The summed E-state index contributed by atoms with van der Waals surface area (Å²) in [5, 5.41) is 31.2. The summed E-state index contributed by atoms with van der Waals surface area (Å²) in [5.41, 5.74) is 2.23. The minimum atomic E-state index is -0.0464. The van der Waals surface area contributed by atoms with Crippen molar-refractivity contribution in [3.63, 3.8) is 0 Å². The van der Waals surface area contributed by atoms with Crippen LogP contribution in [0.4, 0.5) is 5.95 Å². The molecule has 0 spiro atoms. The van der Waals surface area contributed by atoms with Gasteiger partial charge in [0.15, 0.2) is 11.6 Å². The number of hydrogen-bond donors (Lipinski definition) is 0. The molecule has 4 aromatic rings. The molecule has 1 aliphatic heterocycles. The lowest BCUT2D eigenvalue weighted by Crippen LogP contribution is -2.36. The standard InChI is InChI=1S/C21H20N10/c1-29-20(16-8-10-23-11-9-16)25-26-21(29)30-12-3-2-7-18(30)19-24-28-31(27-19)17-6-4-5-15(13-17)14-22/h4-6,8-11,13,18H,2-3,7,12H2,1H3/t18-/m1/s1. The highest BCUT2D eigenvalue weighted by Gasteiger charge is 2.31. The Labute approximate surface area is 178 Å². The summed E-state index contributed by atoms with van der Waals surface area (Å²) < 4.78 is 1.99. The van der Waals surface area contributed by atoms with E-state index in [9.17, 15) is 0 Å². The van der Waals surface area contributed by atoms with Crippen LogP contribution in [0, 0.1) is 11.3 Å². The van der Waals surface area contributed by atoms with Crippen LogP contribution in [0.5, 0.6) is 0 Å². The average molecular weight is 412 g/mol. The summed E-state index contributed by atoms with van der Waals surface area (Å²) in [6, 6.07) is 13.1. The number of piperidine rings is 1. The fourth-order valence-electron chi connectivity index (χ4n) is 3.93. The molecule has 0 saturated carbocycles. The zero-order chi connectivity index (χ0) is 21.2. The van der Waals surface area contributed by atoms with E-state index in [1.807, 2.05) is 35.9 Å². The fourth-order valence-corrected chi connectivity index (χ4v) is 3.93. The van der Waals surface area contributed by atoms with Gasteiger partial charge in [-0.2, -0.15) is 5.26 Å². The van der Waals surface area contributed by atoms with Gasteiger partial charge >= 0.3 is 0 Å². The lowest BCUT2D eigenvalue weighted by Gasteiger charge is -2.34. The number of benzene rings is 1. The molecular formula is C21H20N10.